The van der Waals surface area contributed by atoms with Gasteiger partial charge in [-0.2, -0.15) is 0 Å². The zero-order valence-corrected chi connectivity index (χ0v) is 48.5. The third kappa shape index (κ3) is 58.5. The van der Waals surface area contributed by atoms with E-state index in [-0.39, 0.29) is 31.1 Å². The lowest BCUT2D eigenvalue weighted by Crippen LogP contribution is -2.30. The van der Waals surface area contributed by atoms with Gasteiger partial charge >= 0.3 is 17.9 Å². The molecule has 0 aliphatic rings. The third-order valence-electron chi connectivity index (χ3n) is 14.4. The van der Waals surface area contributed by atoms with Crippen LogP contribution >= 0.6 is 0 Å². The monoisotopic (exact) mass is 1010 g/mol. The van der Waals surface area contributed by atoms with Gasteiger partial charge in [-0.15, -0.1) is 0 Å². The summed E-state index contributed by atoms with van der Waals surface area (Å²) >= 11 is 0. The summed E-state index contributed by atoms with van der Waals surface area (Å²) in [5.41, 5.74) is 0. The molecule has 6 heteroatoms. The maximum Gasteiger partial charge on any atom is 0.306 e. The quantitative estimate of drug-likeness (QED) is 0.0261. The second-order valence-electron chi connectivity index (χ2n) is 21.7. The molecule has 0 bridgehead atoms. The minimum atomic E-state index is -0.775. The largest absolute Gasteiger partial charge is 0.462 e. The van der Waals surface area contributed by atoms with Gasteiger partial charge in [-0.3, -0.25) is 14.4 Å². The molecule has 0 aliphatic heterocycles. The highest BCUT2D eigenvalue weighted by atomic mass is 16.6. The molecule has 0 amide bonds. The maximum absolute atomic E-state index is 12.9. The molecule has 0 aliphatic carbocycles. The number of carbonyl (C=O) groups excluding carboxylic acids is 3. The zero-order valence-electron chi connectivity index (χ0n) is 48.5. The molecule has 72 heavy (non-hydrogen) atoms. The van der Waals surface area contributed by atoms with E-state index in [2.05, 4.69) is 57.2 Å². The van der Waals surface area contributed by atoms with E-state index in [1.165, 1.54) is 238 Å². The smallest absolute Gasteiger partial charge is 0.306 e. The van der Waals surface area contributed by atoms with Crippen LogP contribution in [0.25, 0.3) is 0 Å². The summed E-state index contributed by atoms with van der Waals surface area (Å²) < 4.78 is 16.9. The van der Waals surface area contributed by atoms with Crippen molar-refractivity contribution in [2.24, 2.45) is 0 Å². The molecule has 0 saturated heterocycles. The first-order valence-corrected chi connectivity index (χ1v) is 32.0. The predicted octanol–water partition coefficient (Wildman–Crippen LogP) is 21.6. The lowest BCUT2D eigenvalue weighted by Gasteiger charge is -2.18. The van der Waals surface area contributed by atoms with Crippen molar-refractivity contribution in [3.63, 3.8) is 0 Å². The van der Waals surface area contributed by atoms with Crippen molar-refractivity contribution < 1.29 is 28.6 Å². The Balaban J connectivity index is 4.22. The summed E-state index contributed by atoms with van der Waals surface area (Å²) in [5.74, 6) is -0.866. The van der Waals surface area contributed by atoms with E-state index in [1.807, 2.05) is 0 Å². The summed E-state index contributed by atoms with van der Waals surface area (Å²) in [4.78, 5) is 38.2. The van der Waals surface area contributed by atoms with E-state index < -0.39 is 6.10 Å². The van der Waals surface area contributed by atoms with Gasteiger partial charge in [0.25, 0.3) is 0 Å². The summed E-state index contributed by atoms with van der Waals surface area (Å²) in [6.45, 7) is 6.62. The van der Waals surface area contributed by atoms with Crippen molar-refractivity contribution in [2.75, 3.05) is 13.2 Å². The standard InChI is InChI=1S/C66H122O6/c1-4-7-10-13-16-19-22-24-26-28-30-31-32-33-34-36-37-39-41-44-47-50-53-56-59-65(68)71-62-63(61-70-64(67)58-55-52-49-46-43-21-18-15-12-9-6-3)72-66(69)60-57-54-51-48-45-42-40-38-35-29-27-25-23-20-17-14-11-8-5-2/h15,17-18,20,25,27,63H,4-14,16,19,21-24,26,28-62H2,1-3H3/b18-15-,20-17-,27-25-. The van der Waals surface area contributed by atoms with Gasteiger partial charge in [-0.05, 0) is 70.6 Å². The molecule has 0 N–H and O–H groups in total. The minimum absolute atomic E-state index is 0.0725. The fraction of sp³-hybridized carbons (Fsp3) is 0.864. The van der Waals surface area contributed by atoms with Crippen LogP contribution < -0.4 is 0 Å². The number of carbonyl (C=O) groups is 3. The Kier molecular flexibility index (Phi) is 59.2. The summed E-state index contributed by atoms with van der Waals surface area (Å²) in [6, 6.07) is 0. The second-order valence-corrected chi connectivity index (χ2v) is 21.7. The first kappa shape index (κ1) is 69.6. The minimum Gasteiger partial charge on any atom is -0.462 e. The van der Waals surface area contributed by atoms with Crippen LogP contribution in [0.15, 0.2) is 36.5 Å². The van der Waals surface area contributed by atoms with Crippen LogP contribution in [0.1, 0.15) is 348 Å². The highest BCUT2D eigenvalue weighted by Crippen LogP contribution is 2.18. The van der Waals surface area contributed by atoms with Gasteiger partial charge in [0.05, 0.1) is 0 Å². The van der Waals surface area contributed by atoms with Crippen LogP contribution in [0.2, 0.25) is 0 Å². The molecule has 6 nitrogen and oxygen atoms in total. The first-order valence-electron chi connectivity index (χ1n) is 32.0. The molecule has 0 saturated carbocycles. The third-order valence-corrected chi connectivity index (χ3v) is 14.4. The molecule has 0 spiro atoms. The Hall–Kier alpha value is -2.37. The molecule has 0 rings (SSSR count). The molecular formula is C66H122O6. The Morgan fingerprint density at radius 3 is 0.847 bits per heavy atom. The average molecular weight is 1010 g/mol. The van der Waals surface area contributed by atoms with Gasteiger partial charge < -0.3 is 14.2 Å². The van der Waals surface area contributed by atoms with Gasteiger partial charge in [0, 0.05) is 19.3 Å². The number of esters is 3. The molecule has 0 aromatic carbocycles. The van der Waals surface area contributed by atoms with Gasteiger partial charge in [-0.1, -0.05) is 295 Å². The SMILES string of the molecule is CCCC/C=C\CCCCCCCC(=O)OCC(COC(=O)CCCCCCCCCCCCCCCCCCCCCCCCCC)OC(=O)CCCCCCCCCCC/C=C\C/C=C\CCCCC. The summed E-state index contributed by atoms with van der Waals surface area (Å²) in [7, 11) is 0. The molecule has 0 radical (unpaired) electrons. The molecule has 1 unspecified atom stereocenters. The van der Waals surface area contributed by atoms with Crippen molar-refractivity contribution in [2.45, 2.75) is 354 Å². The Labute approximate surface area is 448 Å². The second kappa shape index (κ2) is 61.2. The van der Waals surface area contributed by atoms with Crippen molar-refractivity contribution in [1.82, 2.24) is 0 Å². The molecule has 0 heterocycles. The predicted molar refractivity (Wildman–Crippen MR) is 312 cm³/mol. The highest BCUT2D eigenvalue weighted by molar-refractivity contribution is 5.71. The lowest BCUT2D eigenvalue weighted by molar-refractivity contribution is -0.167. The summed E-state index contributed by atoms with van der Waals surface area (Å²) in [6.07, 6.45) is 74.4. The first-order chi connectivity index (χ1) is 35.5. The molecule has 0 aromatic heterocycles. The number of hydrogen-bond acceptors (Lipinski definition) is 6. The molecular weight excluding hydrogens is 889 g/mol. The lowest BCUT2D eigenvalue weighted by atomic mass is 10.0. The number of unbranched alkanes of at least 4 members (excludes halogenated alkanes) is 42. The number of rotatable bonds is 59. The topological polar surface area (TPSA) is 78.9 Å². The van der Waals surface area contributed by atoms with Gasteiger partial charge in [0.2, 0.25) is 0 Å². The van der Waals surface area contributed by atoms with E-state index in [9.17, 15) is 14.4 Å². The van der Waals surface area contributed by atoms with Crippen LogP contribution in [0.3, 0.4) is 0 Å². The van der Waals surface area contributed by atoms with Gasteiger partial charge in [-0.25, -0.2) is 0 Å². The van der Waals surface area contributed by atoms with E-state index >= 15 is 0 Å². The highest BCUT2D eigenvalue weighted by Gasteiger charge is 2.19. The van der Waals surface area contributed by atoms with E-state index in [1.54, 1.807) is 0 Å². The average Bonchev–Trinajstić information content (AvgIpc) is 3.38. The van der Waals surface area contributed by atoms with Crippen molar-refractivity contribution in [1.29, 1.82) is 0 Å². The maximum atomic E-state index is 12.9. The van der Waals surface area contributed by atoms with E-state index in [4.69, 9.17) is 14.2 Å². The van der Waals surface area contributed by atoms with Gasteiger partial charge in [0.1, 0.15) is 13.2 Å². The molecule has 1 atom stereocenters. The van der Waals surface area contributed by atoms with Crippen LogP contribution in [0, 0.1) is 0 Å². The molecule has 0 fully saturated rings. The number of ether oxygens (including phenoxy) is 3. The normalized spacial score (nSPS) is 12.2. The number of hydrogen-bond donors (Lipinski definition) is 0. The van der Waals surface area contributed by atoms with Crippen LogP contribution in [0.4, 0.5) is 0 Å². The Morgan fingerprint density at radius 1 is 0.278 bits per heavy atom. The van der Waals surface area contributed by atoms with Crippen LogP contribution in [0.5, 0.6) is 0 Å². The molecule has 422 valence electrons. The fourth-order valence-electron chi connectivity index (χ4n) is 9.52. The Morgan fingerprint density at radius 2 is 0.514 bits per heavy atom. The molecule has 0 aromatic rings. The van der Waals surface area contributed by atoms with E-state index in [0.717, 1.165) is 70.6 Å². The van der Waals surface area contributed by atoms with Crippen LogP contribution in [-0.4, -0.2) is 37.2 Å². The summed E-state index contributed by atoms with van der Waals surface area (Å²) in [5, 5.41) is 0. The van der Waals surface area contributed by atoms with Crippen molar-refractivity contribution in [3.8, 4) is 0 Å². The van der Waals surface area contributed by atoms with Crippen molar-refractivity contribution in [3.05, 3.63) is 36.5 Å². The zero-order chi connectivity index (χ0) is 52.2. The van der Waals surface area contributed by atoms with Crippen molar-refractivity contribution >= 4 is 17.9 Å². The van der Waals surface area contributed by atoms with E-state index in [0.29, 0.717) is 19.3 Å². The fourth-order valence-corrected chi connectivity index (χ4v) is 9.52. The number of allylic oxidation sites excluding steroid dienone is 6. The Bertz CT molecular complexity index is 1210. The van der Waals surface area contributed by atoms with Gasteiger partial charge in [0.15, 0.2) is 6.10 Å². The van der Waals surface area contributed by atoms with Crippen LogP contribution in [-0.2, 0) is 28.6 Å².